The fourth-order valence-corrected chi connectivity index (χ4v) is 2.60. The van der Waals surface area contributed by atoms with Crippen LogP contribution in [0, 0.1) is 6.92 Å². The predicted octanol–water partition coefficient (Wildman–Crippen LogP) is 4.40. The summed E-state index contributed by atoms with van der Waals surface area (Å²) in [6, 6.07) is 8.75. The van der Waals surface area contributed by atoms with E-state index in [9.17, 15) is 13.2 Å². The summed E-state index contributed by atoms with van der Waals surface area (Å²) in [5, 5.41) is 14.9. The number of aliphatic hydroxyl groups is 1. The molecule has 0 spiro atoms. The zero-order valence-electron chi connectivity index (χ0n) is 15.7. The van der Waals surface area contributed by atoms with Crippen LogP contribution in [0.15, 0.2) is 48.8 Å². The molecule has 1 aromatic carbocycles. The lowest BCUT2D eigenvalue weighted by Gasteiger charge is -2.15. The van der Waals surface area contributed by atoms with Crippen LogP contribution in [0.5, 0.6) is 0 Å². The average molecular weight is 403 g/mol. The number of alkyl halides is 3. The molecule has 0 aliphatic carbocycles. The summed E-state index contributed by atoms with van der Waals surface area (Å²) in [6.07, 6.45) is -0.654. The molecule has 0 unspecified atom stereocenters. The number of anilines is 3. The molecule has 9 heteroatoms. The topological polar surface area (TPSA) is 83.0 Å². The van der Waals surface area contributed by atoms with Crippen LogP contribution < -0.4 is 10.6 Å². The zero-order valence-corrected chi connectivity index (χ0v) is 15.7. The second-order valence-corrected chi connectivity index (χ2v) is 6.36. The van der Waals surface area contributed by atoms with Crippen LogP contribution in [0.1, 0.15) is 17.5 Å². The monoisotopic (exact) mass is 403 g/mol. The summed E-state index contributed by atoms with van der Waals surface area (Å²) in [5.74, 6) is 0.639. The molecule has 3 N–H and O–H groups in total. The Kier molecular flexibility index (Phi) is 6.28. The van der Waals surface area contributed by atoms with E-state index >= 15 is 0 Å². The molecule has 0 amide bonds. The molecule has 0 fully saturated rings. The number of pyridine rings is 1. The van der Waals surface area contributed by atoms with Crippen molar-refractivity contribution in [2.45, 2.75) is 19.5 Å². The number of hydrogen-bond donors (Lipinski definition) is 3. The minimum absolute atomic E-state index is 0.0177. The average Bonchev–Trinajstić information content (AvgIpc) is 2.69. The SMILES string of the molecule is Cc1ccc(C(F)(F)F)cc1Nc1cc(-c2cccnc2)nc(NCCCO)n1. The van der Waals surface area contributed by atoms with Gasteiger partial charge in [-0.2, -0.15) is 18.2 Å². The first-order chi connectivity index (χ1) is 13.9. The Labute approximate surface area is 165 Å². The standard InChI is InChI=1S/C20H20F3N5O/c1-13-5-6-15(20(21,22)23)10-16(13)26-18-11-17(14-4-2-7-24-12-14)27-19(28-18)25-8-3-9-29/h2,4-7,10-12,29H,3,8-9H2,1H3,(H2,25,26,27,28). The summed E-state index contributed by atoms with van der Waals surface area (Å²) in [6.45, 7) is 2.19. The molecule has 0 aliphatic rings. The van der Waals surface area contributed by atoms with Gasteiger partial charge in [-0.25, -0.2) is 4.98 Å². The normalized spacial score (nSPS) is 11.3. The van der Waals surface area contributed by atoms with Crippen molar-refractivity contribution in [3.05, 3.63) is 59.9 Å². The summed E-state index contributed by atoms with van der Waals surface area (Å²) < 4.78 is 39.2. The quantitative estimate of drug-likeness (QED) is 0.507. The molecule has 0 bridgehead atoms. The highest BCUT2D eigenvalue weighted by atomic mass is 19.4. The Balaban J connectivity index is 1.97. The number of hydrogen-bond acceptors (Lipinski definition) is 6. The minimum Gasteiger partial charge on any atom is -0.396 e. The van der Waals surface area contributed by atoms with Gasteiger partial charge in [0.1, 0.15) is 5.82 Å². The third-order valence-electron chi connectivity index (χ3n) is 4.13. The first-order valence-electron chi connectivity index (χ1n) is 8.96. The molecule has 0 saturated heterocycles. The maximum atomic E-state index is 13.1. The Morgan fingerprint density at radius 1 is 1.10 bits per heavy atom. The summed E-state index contributed by atoms with van der Waals surface area (Å²) in [4.78, 5) is 12.8. The van der Waals surface area contributed by atoms with E-state index in [-0.39, 0.29) is 6.61 Å². The first-order valence-corrected chi connectivity index (χ1v) is 8.96. The lowest BCUT2D eigenvalue weighted by molar-refractivity contribution is -0.137. The minimum atomic E-state index is -4.44. The molecule has 0 saturated carbocycles. The second-order valence-electron chi connectivity index (χ2n) is 6.36. The molecule has 2 aromatic heterocycles. The van der Waals surface area contributed by atoms with E-state index in [1.165, 1.54) is 6.07 Å². The van der Waals surface area contributed by atoms with E-state index in [4.69, 9.17) is 5.11 Å². The molecule has 2 heterocycles. The van der Waals surface area contributed by atoms with Gasteiger partial charge in [0.15, 0.2) is 0 Å². The van der Waals surface area contributed by atoms with Crippen molar-refractivity contribution in [3.63, 3.8) is 0 Å². The van der Waals surface area contributed by atoms with Crippen molar-refractivity contribution in [2.24, 2.45) is 0 Å². The maximum Gasteiger partial charge on any atom is 0.416 e. The van der Waals surface area contributed by atoms with Crippen LogP contribution in [0.4, 0.5) is 30.6 Å². The van der Waals surface area contributed by atoms with E-state index in [0.717, 1.165) is 17.7 Å². The van der Waals surface area contributed by atoms with Gasteiger partial charge in [-0.15, -0.1) is 0 Å². The van der Waals surface area contributed by atoms with E-state index in [2.05, 4.69) is 25.6 Å². The Morgan fingerprint density at radius 2 is 1.93 bits per heavy atom. The summed E-state index contributed by atoms with van der Waals surface area (Å²) in [5.41, 5.74) is 1.51. The van der Waals surface area contributed by atoms with Crippen molar-refractivity contribution >= 4 is 17.5 Å². The summed E-state index contributed by atoms with van der Waals surface area (Å²) >= 11 is 0. The smallest absolute Gasteiger partial charge is 0.396 e. The number of benzene rings is 1. The van der Waals surface area contributed by atoms with Crippen molar-refractivity contribution in [3.8, 4) is 11.3 Å². The third-order valence-corrected chi connectivity index (χ3v) is 4.13. The van der Waals surface area contributed by atoms with Gasteiger partial charge in [0.05, 0.1) is 11.3 Å². The van der Waals surface area contributed by atoms with Crippen LogP contribution in [0.25, 0.3) is 11.3 Å². The Morgan fingerprint density at radius 3 is 2.62 bits per heavy atom. The molecule has 29 heavy (non-hydrogen) atoms. The number of aromatic nitrogens is 3. The highest BCUT2D eigenvalue weighted by Gasteiger charge is 2.30. The fraction of sp³-hybridized carbons (Fsp3) is 0.250. The molecule has 0 atom stereocenters. The summed E-state index contributed by atoms with van der Waals surface area (Å²) in [7, 11) is 0. The highest BCUT2D eigenvalue weighted by molar-refractivity contribution is 5.68. The van der Waals surface area contributed by atoms with Gasteiger partial charge < -0.3 is 15.7 Å². The van der Waals surface area contributed by atoms with Crippen molar-refractivity contribution < 1.29 is 18.3 Å². The number of rotatable bonds is 7. The van der Waals surface area contributed by atoms with Crippen LogP contribution in [0.3, 0.4) is 0 Å². The van der Waals surface area contributed by atoms with Crippen LogP contribution in [-0.2, 0) is 6.18 Å². The third kappa shape index (κ3) is 5.41. The molecular weight excluding hydrogens is 383 g/mol. The highest BCUT2D eigenvalue weighted by Crippen LogP contribution is 2.33. The van der Waals surface area contributed by atoms with Crippen molar-refractivity contribution in [1.82, 2.24) is 15.0 Å². The molecule has 3 rings (SSSR count). The van der Waals surface area contributed by atoms with Gasteiger partial charge in [0.25, 0.3) is 0 Å². The number of nitrogens with zero attached hydrogens (tertiary/aromatic N) is 3. The zero-order chi connectivity index (χ0) is 20.9. The van der Waals surface area contributed by atoms with Gasteiger partial charge >= 0.3 is 6.18 Å². The maximum absolute atomic E-state index is 13.1. The van der Waals surface area contributed by atoms with Crippen LogP contribution in [-0.4, -0.2) is 33.2 Å². The van der Waals surface area contributed by atoms with Crippen molar-refractivity contribution in [2.75, 3.05) is 23.8 Å². The molecule has 6 nitrogen and oxygen atoms in total. The molecule has 152 valence electrons. The van der Waals surface area contributed by atoms with Gasteiger partial charge in [0, 0.05) is 42.9 Å². The lowest BCUT2D eigenvalue weighted by atomic mass is 10.1. The number of halogens is 3. The van der Waals surface area contributed by atoms with Crippen LogP contribution >= 0.6 is 0 Å². The Bertz CT molecular complexity index is 964. The molecule has 0 aliphatic heterocycles. The number of aliphatic hydroxyl groups excluding tert-OH is 1. The molecular formula is C20H20F3N5O. The van der Waals surface area contributed by atoms with E-state index in [1.54, 1.807) is 31.5 Å². The van der Waals surface area contributed by atoms with Gasteiger partial charge in [-0.05, 0) is 43.2 Å². The molecule has 3 aromatic rings. The lowest BCUT2D eigenvalue weighted by Crippen LogP contribution is -2.09. The molecule has 0 radical (unpaired) electrons. The van der Waals surface area contributed by atoms with Crippen molar-refractivity contribution in [1.29, 1.82) is 0 Å². The predicted molar refractivity (Wildman–Crippen MR) is 105 cm³/mol. The van der Waals surface area contributed by atoms with E-state index in [0.29, 0.717) is 41.7 Å². The number of aryl methyl sites for hydroxylation is 1. The van der Waals surface area contributed by atoms with E-state index in [1.807, 2.05) is 6.07 Å². The first kappa shape index (κ1) is 20.5. The Hall–Kier alpha value is -3.20. The van der Waals surface area contributed by atoms with Gasteiger partial charge in [-0.3, -0.25) is 4.98 Å². The van der Waals surface area contributed by atoms with E-state index < -0.39 is 11.7 Å². The second kappa shape index (κ2) is 8.87. The van der Waals surface area contributed by atoms with Gasteiger partial charge in [-0.1, -0.05) is 6.07 Å². The largest absolute Gasteiger partial charge is 0.416 e. The fourth-order valence-electron chi connectivity index (χ4n) is 2.60. The van der Waals surface area contributed by atoms with Crippen LogP contribution in [0.2, 0.25) is 0 Å². The van der Waals surface area contributed by atoms with Gasteiger partial charge in [0.2, 0.25) is 5.95 Å². The number of nitrogens with one attached hydrogen (secondary N) is 2.